The lowest BCUT2D eigenvalue weighted by Gasteiger charge is -2.23. The Balaban J connectivity index is 2.19. The molecule has 2 aromatic rings. The summed E-state index contributed by atoms with van der Waals surface area (Å²) in [6.45, 7) is 6.18. The molecule has 94 valence electrons. The van der Waals surface area contributed by atoms with E-state index in [0.29, 0.717) is 0 Å². The number of nitrogens with zero attached hydrogens (tertiary/aromatic N) is 1. The first-order valence-electron chi connectivity index (χ1n) is 6.35. The van der Waals surface area contributed by atoms with Crippen molar-refractivity contribution in [2.24, 2.45) is 0 Å². The van der Waals surface area contributed by atoms with Crippen LogP contribution < -0.4 is 10.6 Å². The van der Waals surface area contributed by atoms with Crippen molar-refractivity contribution >= 4 is 11.4 Å². The number of hydrogen-bond donors (Lipinski definition) is 1. The van der Waals surface area contributed by atoms with Gasteiger partial charge in [0.1, 0.15) is 0 Å². The molecule has 0 unspecified atom stereocenters. The van der Waals surface area contributed by atoms with Gasteiger partial charge in [0.05, 0.1) is 0 Å². The van der Waals surface area contributed by atoms with Gasteiger partial charge in [-0.25, -0.2) is 0 Å². The average molecular weight is 240 g/mol. The SMILES string of the molecule is CCN(Cc1cccc(N)c1)c1cccc(C)c1. The molecule has 0 fully saturated rings. The zero-order chi connectivity index (χ0) is 13.0. The van der Waals surface area contributed by atoms with Crippen LogP contribution in [0.4, 0.5) is 11.4 Å². The Morgan fingerprint density at radius 2 is 1.83 bits per heavy atom. The summed E-state index contributed by atoms with van der Waals surface area (Å²) in [5.41, 5.74) is 10.4. The minimum atomic E-state index is 0.827. The highest BCUT2D eigenvalue weighted by atomic mass is 15.1. The van der Waals surface area contributed by atoms with Gasteiger partial charge in [0, 0.05) is 24.5 Å². The molecule has 2 aromatic carbocycles. The highest BCUT2D eigenvalue weighted by Gasteiger charge is 2.05. The summed E-state index contributed by atoms with van der Waals surface area (Å²) in [5, 5.41) is 0. The Labute approximate surface area is 109 Å². The number of aryl methyl sites for hydroxylation is 1. The fraction of sp³-hybridized carbons (Fsp3) is 0.250. The van der Waals surface area contributed by atoms with Gasteiger partial charge in [-0.2, -0.15) is 0 Å². The first-order chi connectivity index (χ1) is 8.69. The van der Waals surface area contributed by atoms with Gasteiger partial charge in [0.2, 0.25) is 0 Å². The number of anilines is 2. The van der Waals surface area contributed by atoms with Crippen molar-refractivity contribution < 1.29 is 0 Å². The van der Waals surface area contributed by atoms with Crippen LogP contribution in [-0.4, -0.2) is 6.54 Å². The summed E-state index contributed by atoms with van der Waals surface area (Å²) >= 11 is 0. The second-order valence-electron chi connectivity index (χ2n) is 4.60. The number of hydrogen-bond acceptors (Lipinski definition) is 2. The minimum Gasteiger partial charge on any atom is -0.399 e. The second kappa shape index (κ2) is 5.58. The van der Waals surface area contributed by atoms with Crippen LogP contribution in [0, 0.1) is 6.92 Å². The topological polar surface area (TPSA) is 29.3 Å². The van der Waals surface area contributed by atoms with Crippen LogP contribution in [0.1, 0.15) is 18.1 Å². The average Bonchev–Trinajstić information content (AvgIpc) is 2.36. The molecule has 0 heterocycles. The summed E-state index contributed by atoms with van der Waals surface area (Å²) in [4.78, 5) is 2.35. The monoisotopic (exact) mass is 240 g/mol. The molecule has 18 heavy (non-hydrogen) atoms. The normalized spacial score (nSPS) is 10.3. The van der Waals surface area contributed by atoms with Gasteiger partial charge >= 0.3 is 0 Å². The Bertz CT molecular complexity index is 520. The van der Waals surface area contributed by atoms with E-state index in [1.807, 2.05) is 18.2 Å². The molecule has 2 rings (SSSR count). The molecule has 0 aromatic heterocycles. The van der Waals surface area contributed by atoms with Crippen molar-refractivity contribution in [3.63, 3.8) is 0 Å². The zero-order valence-electron chi connectivity index (χ0n) is 11.1. The van der Waals surface area contributed by atoms with Crippen LogP contribution >= 0.6 is 0 Å². The molecule has 0 bridgehead atoms. The second-order valence-corrected chi connectivity index (χ2v) is 4.60. The maximum atomic E-state index is 5.82. The smallest absolute Gasteiger partial charge is 0.0430 e. The molecular weight excluding hydrogens is 220 g/mol. The van der Waals surface area contributed by atoms with E-state index < -0.39 is 0 Å². The third kappa shape index (κ3) is 3.04. The summed E-state index contributed by atoms with van der Waals surface area (Å²) in [6.07, 6.45) is 0. The van der Waals surface area contributed by atoms with E-state index in [2.05, 4.69) is 49.1 Å². The van der Waals surface area contributed by atoms with Crippen molar-refractivity contribution in [1.82, 2.24) is 0 Å². The van der Waals surface area contributed by atoms with Gasteiger partial charge < -0.3 is 10.6 Å². The molecule has 0 aliphatic carbocycles. The summed E-state index contributed by atoms with van der Waals surface area (Å²) in [6, 6.07) is 16.7. The van der Waals surface area contributed by atoms with Crippen molar-refractivity contribution in [2.45, 2.75) is 20.4 Å². The Hall–Kier alpha value is -1.96. The lowest BCUT2D eigenvalue weighted by atomic mass is 10.1. The van der Waals surface area contributed by atoms with E-state index in [0.717, 1.165) is 18.8 Å². The standard InChI is InChI=1S/C16H20N2/c1-3-18(16-9-4-6-13(2)10-16)12-14-7-5-8-15(17)11-14/h4-11H,3,12,17H2,1-2H3. The van der Waals surface area contributed by atoms with E-state index in [1.54, 1.807) is 0 Å². The van der Waals surface area contributed by atoms with Gasteiger partial charge in [-0.3, -0.25) is 0 Å². The molecule has 0 spiro atoms. The van der Waals surface area contributed by atoms with Crippen LogP contribution in [0.15, 0.2) is 48.5 Å². The van der Waals surface area contributed by atoms with Crippen molar-refractivity contribution in [2.75, 3.05) is 17.2 Å². The maximum absolute atomic E-state index is 5.82. The lowest BCUT2D eigenvalue weighted by Crippen LogP contribution is -2.22. The highest BCUT2D eigenvalue weighted by Crippen LogP contribution is 2.19. The number of rotatable bonds is 4. The van der Waals surface area contributed by atoms with Gasteiger partial charge in [0.25, 0.3) is 0 Å². The Kier molecular flexibility index (Phi) is 3.88. The fourth-order valence-corrected chi connectivity index (χ4v) is 2.12. The molecule has 2 heteroatoms. The van der Waals surface area contributed by atoms with Crippen LogP contribution in [0.25, 0.3) is 0 Å². The zero-order valence-corrected chi connectivity index (χ0v) is 11.1. The van der Waals surface area contributed by atoms with Gasteiger partial charge in [0.15, 0.2) is 0 Å². The van der Waals surface area contributed by atoms with E-state index in [1.165, 1.54) is 16.8 Å². The molecule has 0 saturated carbocycles. The van der Waals surface area contributed by atoms with Gasteiger partial charge in [-0.1, -0.05) is 24.3 Å². The predicted molar refractivity (Wildman–Crippen MR) is 78.8 cm³/mol. The molecule has 0 atom stereocenters. The van der Waals surface area contributed by atoms with Crippen molar-refractivity contribution in [3.8, 4) is 0 Å². The number of nitrogens with two attached hydrogens (primary N) is 1. The van der Waals surface area contributed by atoms with E-state index in [-0.39, 0.29) is 0 Å². The molecule has 0 saturated heterocycles. The largest absolute Gasteiger partial charge is 0.399 e. The van der Waals surface area contributed by atoms with Gasteiger partial charge in [-0.05, 0) is 49.2 Å². The predicted octanol–water partition coefficient (Wildman–Crippen LogP) is 3.60. The van der Waals surface area contributed by atoms with Crippen LogP contribution in [0.2, 0.25) is 0 Å². The third-order valence-corrected chi connectivity index (χ3v) is 3.07. The van der Waals surface area contributed by atoms with Crippen molar-refractivity contribution in [3.05, 3.63) is 59.7 Å². The maximum Gasteiger partial charge on any atom is 0.0430 e. The van der Waals surface area contributed by atoms with Gasteiger partial charge in [-0.15, -0.1) is 0 Å². The van der Waals surface area contributed by atoms with Crippen LogP contribution in [0.3, 0.4) is 0 Å². The first-order valence-corrected chi connectivity index (χ1v) is 6.35. The minimum absolute atomic E-state index is 0.827. The van der Waals surface area contributed by atoms with Crippen LogP contribution in [-0.2, 0) is 6.54 Å². The molecule has 0 radical (unpaired) electrons. The molecule has 0 aliphatic heterocycles. The Morgan fingerprint density at radius 1 is 1.06 bits per heavy atom. The van der Waals surface area contributed by atoms with E-state index in [9.17, 15) is 0 Å². The first kappa shape index (κ1) is 12.5. The Morgan fingerprint density at radius 3 is 2.50 bits per heavy atom. The highest BCUT2D eigenvalue weighted by molar-refractivity contribution is 5.50. The molecule has 2 nitrogen and oxygen atoms in total. The molecule has 0 aliphatic rings. The quantitative estimate of drug-likeness (QED) is 0.827. The third-order valence-electron chi connectivity index (χ3n) is 3.07. The van der Waals surface area contributed by atoms with E-state index in [4.69, 9.17) is 5.73 Å². The summed E-state index contributed by atoms with van der Waals surface area (Å²) in [5.74, 6) is 0. The molecule has 2 N–H and O–H groups in total. The molecular formula is C16H20N2. The molecule has 0 amide bonds. The lowest BCUT2D eigenvalue weighted by molar-refractivity contribution is 0.831. The van der Waals surface area contributed by atoms with Crippen molar-refractivity contribution in [1.29, 1.82) is 0 Å². The fourth-order valence-electron chi connectivity index (χ4n) is 2.12. The summed E-state index contributed by atoms with van der Waals surface area (Å²) < 4.78 is 0. The number of nitrogen functional groups attached to an aromatic ring is 1. The van der Waals surface area contributed by atoms with Crippen LogP contribution in [0.5, 0.6) is 0 Å². The number of benzene rings is 2. The summed E-state index contributed by atoms with van der Waals surface area (Å²) in [7, 11) is 0. The van der Waals surface area contributed by atoms with E-state index >= 15 is 0 Å².